The molecule has 0 aliphatic carbocycles. The van der Waals surface area contributed by atoms with E-state index in [0.29, 0.717) is 13.1 Å². The van der Waals surface area contributed by atoms with Gasteiger partial charge in [-0.25, -0.2) is 4.79 Å². The minimum absolute atomic E-state index is 0.0549. The number of aromatic nitrogens is 1. The van der Waals surface area contributed by atoms with Gasteiger partial charge in [-0.05, 0) is 88.9 Å². The van der Waals surface area contributed by atoms with E-state index in [1.165, 1.54) is 5.56 Å². The molecule has 6 rings (SSSR count). The van der Waals surface area contributed by atoms with E-state index in [1.54, 1.807) is 0 Å². The van der Waals surface area contributed by atoms with Crippen molar-refractivity contribution in [3.63, 3.8) is 0 Å². The molecule has 2 N–H and O–H groups in total. The van der Waals surface area contributed by atoms with Crippen molar-refractivity contribution in [2.45, 2.75) is 78.6 Å². The lowest BCUT2D eigenvalue weighted by molar-refractivity contribution is -0.120. The van der Waals surface area contributed by atoms with Gasteiger partial charge in [-0.1, -0.05) is 65.3 Å². The summed E-state index contributed by atoms with van der Waals surface area (Å²) in [6.07, 6.45) is -0.201. The van der Waals surface area contributed by atoms with Gasteiger partial charge in [0.1, 0.15) is 22.7 Å². The van der Waals surface area contributed by atoms with Crippen LogP contribution in [0, 0.1) is 27.7 Å². The summed E-state index contributed by atoms with van der Waals surface area (Å²) in [6, 6.07) is 23.8. The van der Waals surface area contributed by atoms with Gasteiger partial charge in [0.15, 0.2) is 0 Å². The molecule has 0 spiro atoms. The Labute approximate surface area is 281 Å². The van der Waals surface area contributed by atoms with Crippen LogP contribution in [0.1, 0.15) is 83.5 Å². The average molecular weight is 649 g/mol. The van der Waals surface area contributed by atoms with Crippen LogP contribution in [-0.2, 0) is 16.0 Å². The van der Waals surface area contributed by atoms with E-state index >= 15 is 0 Å². The summed E-state index contributed by atoms with van der Waals surface area (Å²) in [7, 11) is 0. The van der Waals surface area contributed by atoms with Gasteiger partial charge in [0.25, 0.3) is 0 Å². The molecule has 1 fully saturated rings. The quantitative estimate of drug-likeness (QED) is 0.171. The van der Waals surface area contributed by atoms with Gasteiger partial charge in [-0.3, -0.25) is 9.69 Å². The highest BCUT2D eigenvalue weighted by Crippen LogP contribution is 2.38. The highest BCUT2D eigenvalue weighted by atomic mass is 16.6. The highest BCUT2D eigenvalue weighted by molar-refractivity contribution is 5.83. The summed E-state index contributed by atoms with van der Waals surface area (Å²) in [5.74, 6) is 1.40. The number of alkyl carbamates (subject to hydrolysis) is 1. The summed E-state index contributed by atoms with van der Waals surface area (Å²) in [5, 5.41) is 11.4. The lowest BCUT2D eigenvalue weighted by atomic mass is 9.93. The monoisotopic (exact) mass is 648 g/mol. The van der Waals surface area contributed by atoms with Crippen molar-refractivity contribution >= 4 is 23.0 Å². The van der Waals surface area contributed by atoms with Crippen LogP contribution in [-0.4, -0.2) is 46.8 Å². The number of hydrogen-bond donors (Lipinski definition) is 2. The van der Waals surface area contributed by atoms with Crippen molar-refractivity contribution in [1.82, 2.24) is 20.7 Å². The molecule has 5 aromatic rings. The minimum atomic E-state index is -0.565. The Kier molecular flexibility index (Phi) is 9.16. The maximum absolute atomic E-state index is 13.5. The molecule has 0 bridgehead atoms. The molecule has 0 unspecified atom stereocenters. The molecule has 1 aliphatic rings. The van der Waals surface area contributed by atoms with Crippen molar-refractivity contribution in [2.24, 2.45) is 0 Å². The fourth-order valence-electron chi connectivity index (χ4n) is 6.57. The van der Waals surface area contributed by atoms with Gasteiger partial charge >= 0.3 is 6.09 Å². The number of benzene rings is 3. The molecule has 9 nitrogen and oxygen atoms in total. The summed E-state index contributed by atoms with van der Waals surface area (Å²) in [6.45, 7) is 14.8. The molecule has 0 radical (unpaired) electrons. The Morgan fingerprint density at radius 2 is 1.73 bits per heavy atom. The fraction of sp³-hybridized carbons (Fsp3) is 0.359. The van der Waals surface area contributed by atoms with Crippen LogP contribution >= 0.6 is 0 Å². The molecule has 2 aromatic heterocycles. The topological polar surface area (TPSA) is 110 Å². The van der Waals surface area contributed by atoms with Gasteiger partial charge in [0.2, 0.25) is 5.91 Å². The molecule has 2 amide bonds. The smallest absolute Gasteiger partial charge is 0.407 e. The van der Waals surface area contributed by atoms with E-state index in [0.717, 1.165) is 56.0 Å². The molecule has 250 valence electrons. The van der Waals surface area contributed by atoms with Crippen molar-refractivity contribution in [1.29, 1.82) is 0 Å². The Morgan fingerprint density at radius 3 is 2.40 bits per heavy atom. The minimum Gasteiger partial charge on any atom is -0.459 e. The third-order valence-electron chi connectivity index (χ3n) is 8.77. The summed E-state index contributed by atoms with van der Waals surface area (Å²) in [5.41, 5.74) is 7.22. The molecule has 1 saturated heterocycles. The van der Waals surface area contributed by atoms with E-state index in [1.807, 2.05) is 89.2 Å². The zero-order valence-corrected chi connectivity index (χ0v) is 28.7. The Morgan fingerprint density at radius 1 is 0.979 bits per heavy atom. The second-order valence-electron chi connectivity index (χ2n) is 13.9. The lowest BCUT2D eigenvalue weighted by Crippen LogP contribution is -2.60. The summed E-state index contributed by atoms with van der Waals surface area (Å²) >= 11 is 0. The molecular weight excluding hydrogens is 604 g/mol. The third kappa shape index (κ3) is 7.31. The van der Waals surface area contributed by atoms with E-state index in [4.69, 9.17) is 13.7 Å². The van der Waals surface area contributed by atoms with E-state index in [2.05, 4.69) is 52.7 Å². The molecule has 1 aliphatic heterocycles. The normalized spacial score (nSPS) is 15.1. The maximum atomic E-state index is 13.5. The SMILES string of the molecule is Cc1ccc([C@@H](NC(=O)Cc2ccc3oc([C@H](c4c(C)noc4C)N4CC(NC(=O)OC(C)(C)C)C4)cc3c2)c2ccccc2)c(C)c1. The number of hydrogen-bond acceptors (Lipinski definition) is 7. The van der Waals surface area contributed by atoms with Gasteiger partial charge in [-0.2, -0.15) is 0 Å². The molecule has 3 heterocycles. The second-order valence-corrected chi connectivity index (χ2v) is 13.9. The predicted molar refractivity (Wildman–Crippen MR) is 185 cm³/mol. The first-order chi connectivity index (χ1) is 22.8. The Bertz CT molecular complexity index is 1910. The van der Waals surface area contributed by atoms with Gasteiger partial charge < -0.3 is 24.3 Å². The first-order valence-corrected chi connectivity index (χ1v) is 16.4. The van der Waals surface area contributed by atoms with Gasteiger partial charge in [-0.15, -0.1) is 0 Å². The molecular formula is C39H44N4O5. The van der Waals surface area contributed by atoms with Crippen molar-refractivity contribution in [3.05, 3.63) is 123 Å². The first-order valence-electron chi connectivity index (χ1n) is 16.4. The molecule has 48 heavy (non-hydrogen) atoms. The number of carbonyl (C=O) groups excluding carboxylic acids is 2. The molecule has 3 aromatic carbocycles. The number of ether oxygens (including phenoxy) is 1. The Balaban J connectivity index is 1.21. The van der Waals surface area contributed by atoms with Crippen LogP contribution in [0.4, 0.5) is 4.79 Å². The fourth-order valence-corrected chi connectivity index (χ4v) is 6.57. The average Bonchev–Trinajstić information content (AvgIpc) is 3.57. The summed E-state index contributed by atoms with van der Waals surface area (Å²) < 4.78 is 17.4. The van der Waals surface area contributed by atoms with Gasteiger partial charge in [0.05, 0.1) is 30.2 Å². The molecule has 9 heteroatoms. The number of amides is 2. The number of fused-ring (bicyclic) bond motifs is 1. The zero-order valence-electron chi connectivity index (χ0n) is 28.7. The van der Waals surface area contributed by atoms with Crippen LogP contribution in [0.2, 0.25) is 0 Å². The number of nitrogens with zero attached hydrogens (tertiary/aromatic N) is 2. The van der Waals surface area contributed by atoms with Crippen molar-refractivity contribution in [2.75, 3.05) is 13.1 Å². The molecule has 2 atom stereocenters. The third-order valence-corrected chi connectivity index (χ3v) is 8.77. The number of rotatable bonds is 9. The zero-order chi connectivity index (χ0) is 34.2. The lowest BCUT2D eigenvalue weighted by Gasteiger charge is -2.43. The number of carbonyl (C=O) groups is 2. The Hall–Kier alpha value is -4.89. The first kappa shape index (κ1) is 33.0. The van der Waals surface area contributed by atoms with Crippen LogP contribution in [0.25, 0.3) is 11.0 Å². The maximum Gasteiger partial charge on any atom is 0.407 e. The van der Waals surface area contributed by atoms with E-state index < -0.39 is 11.7 Å². The van der Waals surface area contributed by atoms with Crippen LogP contribution < -0.4 is 10.6 Å². The standard InChI is InChI=1S/C39H44N4O5/c1-23-13-15-31(24(2)17-23)36(28-11-9-8-10-12-28)41-34(44)19-27-14-16-32-29(18-27)20-33(46-32)37(35-25(3)42-48-26(35)4)43-21-30(22-43)40-38(45)47-39(5,6)7/h8-18,20,30,36-37H,19,21-22H2,1-7H3,(H,40,45)(H,41,44)/t36-,37+/m0/s1. The number of likely N-dealkylation sites (tertiary alicyclic amines) is 1. The molecule has 0 saturated carbocycles. The number of nitrogens with one attached hydrogen (secondary N) is 2. The van der Waals surface area contributed by atoms with E-state index in [9.17, 15) is 9.59 Å². The van der Waals surface area contributed by atoms with Crippen LogP contribution in [0.15, 0.2) is 81.7 Å². The van der Waals surface area contributed by atoms with Crippen molar-refractivity contribution in [3.8, 4) is 0 Å². The van der Waals surface area contributed by atoms with Gasteiger partial charge in [0, 0.05) is 24.0 Å². The predicted octanol–water partition coefficient (Wildman–Crippen LogP) is 7.40. The van der Waals surface area contributed by atoms with Crippen molar-refractivity contribution < 1.29 is 23.3 Å². The van der Waals surface area contributed by atoms with Crippen LogP contribution in [0.3, 0.4) is 0 Å². The number of furan rings is 1. The number of aryl methyl sites for hydroxylation is 4. The van der Waals surface area contributed by atoms with E-state index in [-0.39, 0.29) is 30.5 Å². The second kappa shape index (κ2) is 13.3. The summed E-state index contributed by atoms with van der Waals surface area (Å²) in [4.78, 5) is 28.2. The largest absolute Gasteiger partial charge is 0.459 e. The highest BCUT2D eigenvalue weighted by Gasteiger charge is 2.39. The van der Waals surface area contributed by atoms with Crippen LogP contribution in [0.5, 0.6) is 0 Å².